The van der Waals surface area contributed by atoms with Gasteiger partial charge >= 0.3 is 0 Å². The third kappa shape index (κ3) is 2.62. The average Bonchev–Trinajstić information content (AvgIpc) is 2.35. The van der Waals surface area contributed by atoms with E-state index < -0.39 is 5.82 Å². The Labute approximate surface area is 109 Å². The van der Waals surface area contributed by atoms with Crippen molar-refractivity contribution in [2.24, 2.45) is 0 Å². The molecule has 2 aromatic rings. The molecule has 0 fully saturated rings. The summed E-state index contributed by atoms with van der Waals surface area (Å²) in [5, 5.41) is 3.23. The van der Waals surface area contributed by atoms with Crippen molar-refractivity contribution in [3.63, 3.8) is 0 Å². The van der Waals surface area contributed by atoms with E-state index in [0.29, 0.717) is 23.1 Å². The highest BCUT2D eigenvalue weighted by molar-refractivity contribution is 6.33. The molecule has 0 radical (unpaired) electrons. The van der Waals surface area contributed by atoms with Gasteiger partial charge in [0.05, 0.1) is 23.5 Å². The van der Waals surface area contributed by atoms with Crippen LogP contribution in [0.4, 0.5) is 21.6 Å². The lowest BCUT2D eigenvalue weighted by atomic mass is 10.3. The van der Waals surface area contributed by atoms with E-state index in [1.807, 2.05) is 0 Å². The van der Waals surface area contributed by atoms with Crippen LogP contribution in [0, 0.1) is 5.82 Å². The summed E-state index contributed by atoms with van der Waals surface area (Å²) in [4.78, 5) is 4.14. The van der Waals surface area contributed by atoms with E-state index in [4.69, 9.17) is 22.1 Å². The summed E-state index contributed by atoms with van der Waals surface area (Å²) in [6, 6.07) is 7.40. The lowest BCUT2D eigenvalue weighted by Gasteiger charge is -2.09. The molecule has 3 N–H and O–H groups in total. The maximum atomic E-state index is 12.9. The van der Waals surface area contributed by atoms with E-state index in [9.17, 15) is 4.39 Å². The van der Waals surface area contributed by atoms with Crippen LogP contribution in [0.2, 0.25) is 5.02 Å². The molecule has 2 rings (SSSR count). The zero-order valence-corrected chi connectivity index (χ0v) is 10.3. The van der Waals surface area contributed by atoms with E-state index in [1.165, 1.54) is 25.3 Å². The summed E-state index contributed by atoms with van der Waals surface area (Å²) in [7, 11) is 1.48. The average molecular weight is 268 g/mol. The van der Waals surface area contributed by atoms with Gasteiger partial charge in [0, 0.05) is 0 Å². The smallest absolute Gasteiger partial charge is 0.238 e. The minimum absolute atomic E-state index is 0.271. The van der Waals surface area contributed by atoms with Crippen molar-refractivity contribution in [3.05, 3.63) is 41.2 Å². The summed E-state index contributed by atoms with van der Waals surface area (Å²) in [5.74, 6) is 0.432. The standard InChI is InChI=1S/C12H11ClFN3O/c1-18-12-9(15)3-5-11(17-12)16-10-4-2-7(14)6-8(10)13/h2-6H,15H2,1H3,(H,16,17). The number of nitrogens with two attached hydrogens (primary N) is 1. The Balaban J connectivity index is 2.28. The van der Waals surface area contributed by atoms with Crippen molar-refractivity contribution in [1.82, 2.24) is 4.98 Å². The molecular formula is C12H11ClFN3O. The molecule has 1 aromatic carbocycles. The van der Waals surface area contributed by atoms with E-state index in [2.05, 4.69) is 10.3 Å². The van der Waals surface area contributed by atoms with Crippen molar-refractivity contribution in [2.75, 3.05) is 18.2 Å². The van der Waals surface area contributed by atoms with Gasteiger partial charge in [0.15, 0.2) is 0 Å². The van der Waals surface area contributed by atoms with E-state index in [-0.39, 0.29) is 5.02 Å². The molecule has 0 aliphatic rings. The Morgan fingerprint density at radius 2 is 2.11 bits per heavy atom. The van der Waals surface area contributed by atoms with Crippen molar-refractivity contribution in [3.8, 4) is 5.88 Å². The zero-order chi connectivity index (χ0) is 13.1. The highest BCUT2D eigenvalue weighted by Gasteiger charge is 2.06. The topological polar surface area (TPSA) is 60.2 Å². The lowest BCUT2D eigenvalue weighted by Crippen LogP contribution is -1.99. The number of aromatic nitrogens is 1. The first kappa shape index (κ1) is 12.4. The van der Waals surface area contributed by atoms with Crippen molar-refractivity contribution in [1.29, 1.82) is 0 Å². The molecule has 6 heteroatoms. The maximum Gasteiger partial charge on any atom is 0.238 e. The lowest BCUT2D eigenvalue weighted by molar-refractivity contribution is 0.401. The fourth-order valence-electron chi connectivity index (χ4n) is 1.41. The number of nitrogens with one attached hydrogen (secondary N) is 1. The second kappa shape index (κ2) is 5.10. The van der Waals surface area contributed by atoms with Crippen LogP contribution in [-0.4, -0.2) is 12.1 Å². The summed E-state index contributed by atoms with van der Waals surface area (Å²) in [6.45, 7) is 0. The van der Waals surface area contributed by atoms with E-state index in [1.54, 1.807) is 12.1 Å². The quantitative estimate of drug-likeness (QED) is 0.896. The van der Waals surface area contributed by atoms with Crippen LogP contribution in [-0.2, 0) is 0 Å². The summed E-state index contributed by atoms with van der Waals surface area (Å²) < 4.78 is 17.9. The van der Waals surface area contributed by atoms with Crippen LogP contribution < -0.4 is 15.8 Å². The molecule has 4 nitrogen and oxygen atoms in total. The molecule has 0 spiro atoms. The van der Waals surface area contributed by atoms with Gasteiger partial charge in [-0.15, -0.1) is 0 Å². The van der Waals surface area contributed by atoms with Gasteiger partial charge in [-0.05, 0) is 30.3 Å². The summed E-state index contributed by atoms with van der Waals surface area (Å²) in [6.07, 6.45) is 0. The molecular weight excluding hydrogens is 257 g/mol. The predicted molar refractivity (Wildman–Crippen MR) is 69.9 cm³/mol. The number of nitrogens with zero attached hydrogens (tertiary/aromatic N) is 1. The zero-order valence-electron chi connectivity index (χ0n) is 9.58. The third-order valence-corrected chi connectivity index (χ3v) is 2.59. The number of anilines is 3. The fraction of sp³-hybridized carbons (Fsp3) is 0.0833. The van der Waals surface area contributed by atoms with Crippen molar-refractivity contribution >= 4 is 28.8 Å². The second-order valence-corrected chi connectivity index (χ2v) is 3.95. The largest absolute Gasteiger partial charge is 0.479 e. The second-order valence-electron chi connectivity index (χ2n) is 3.54. The molecule has 0 atom stereocenters. The van der Waals surface area contributed by atoms with Gasteiger partial charge in [-0.2, -0.15) is 4.98 Å². The molecule has 1 aromatic heterocycles. The highest BCUT2D eigenvalue weighted by Crippen LogP contribution is 2.27. The number of halogens is 2. The molecule has 0 bridgehead atoms. The minimum Gasteiger partial charge on any atom is -0.479 e. The summed E-state index contributed by atoms with van der Waals surface area (Å²) in [5.41, 5.74) is 6.64. The van der Waals surface area contributed by atoms with Gasteiger partial charge in [0.25, 0.3) is 0 Å². The number of pyridine rings is 1. The number of methoxy groups -OCH3 is 1. The van der Waals surface area contributed by atoms with Gasteiger partial charge in [0.2, 0.25) is 5.88 Å². The third-order valence-electron chi connectivity index (χ3n) is 2.28. The normalized spacial score (nSPS) is 10.2. The van der Waals surface area contributed by atoms with Gasteiger partial charge in [-0.3, -0.25) is 0 Å². The number of hydrogen-bond donors (Lipinski definition) is 2. The minimum atomic E-state index is -0.395. The molecule has 0 saturated carbocycles. The number of nitrogen functional groups attached to an aromatic ring is 1. The number of hydrogen-bond acceptors (Lipinski definition) is 4. The molecule has 0 amide bonds. The van der Waals surface area contributed by atoms with E-state index in [0.717, 1.165) is 0 Å². The molecule has 0 aliphatic heterocycles. The highest BCUT2D eigenvalue weighted by atomic mass is 35.5. The Morgan fingerprint density at radius 3 is 2.78 bits per heavy atom. The van der Waals surface area contributed by atoms with Gasteiger partial charge in [-0.25, -0.2) is 4.39 Å². The first-order chi connectivity index (χ1) is 8.60. The predicted octanol–water partition coefficient (Wildman–Crippen LogP) is 3.21. The fourth-order valence-corrected chi connectivity index (χ4v) is 1.63. The van der Waals surface area contributed by atoms with Gasteiger partial charge in [0.1, 0.15) is 11.6 Å². The first-order valence-electron chi connectivity index (χ1n) is 5.12. The first-order valence-corrected chi connectivity index (χ1v) is 5.50. The molecule has 1 heterocycles. The van der Waals surface area contributed by atoms with Gasteiger partial charge < -0.3 is 15.8 Å². The molecule has 94 valence electrons. The number of ether oxygens (including phenoxy) is 1. The Bertz CT molecular complexity index is 577. The monoisotopic (exact) mass is 267 g/mol. The van der Waals surface area contributed by atoms with Gasteiger partial charge in [-0.1, -0.05) is 11.6 Å². The van der Waals surface area contributed by atoms with Crippen LogP contribution in [0.1, 0.15) is 0 Å². The number of benzene rings is 1. The SMILES string of the molecule is COc1nc(Nc2ccc(F)cc2Cl)ccc1N. The Morgan fingerprint density at radius 1 is 1.33 bits per heavy atom. The van der Waals surface area contributed by atoms with Crippen molar-refractivity contribution < 1.29 is 9.13 Å². The molecule has 18 heavy (non-hydrogen) atoms. The molecule has 0 aliphatic carbocycles. The van der Waals surface area contributed by atoms with E-state index >= 15 is 0 Å². The van der Waals surface area contributed by atoms with Crippen LogP contribution in [0.15, 0.2) is 30.3 Å². The summed E-state index contributed by atoms with van der Waals surface area (Å²) >= 11 is 5.90. The van der Waals surface area contributed by atoms with Crippen LogP contribution in [0.3, 0.4) is 0 Å². The van der Waals surface area contributed by atoms with Crippen LogP contribution in [0.25, 0.3) is 0 Å². The Kier molecular flexibility index (Phi) is 3.53. The van der Waals surface area contributed by atoms with Crippen LogP contribution in [0.5, 0.6) is 5.88 Å². The number of rotatable bonds is 3. The Hall–Kier alpha value is -2.01. The molecule has 0 saturated heterocycles. The molecule has 0 unspecified atom stereocenters. The van der Waals surface area contributed by atoms with Crippen LogP contribution >= 0.6 is 11.6 Å². The van der Waals surface area contributed by atoms with Crippen molar-refractivity contribution in [2.45, 2.75) is 0 Å². The maximum absolute atomic E-state index is 12.9.